The molecule has 4 nitrogen and oxygen atoms in total. The van der Waals surface area contributed by atoms with Crippen LogP contribution in [-0.2, 0) is 12.7 Å². The van der Waals surface area contributed by atoms with E-state index >= 15 is 0 Å². The summed E-state index contributed by atoms with van der Waals surface area (Å²) in [6.07, 6.45) is -4.38. The molecule has 0 aliphatic rings. The average Bonchev–Trinajstić information content (AvgIpc) is 2.72. The summed E-state index contributed by atoms with van der Waals surface area (Å²) in [5, 5.41) is 3.38. The lowest BCUT2D eigenvalue weighted by Crippen LogP contribution is -2.18. The van der Waals surface area contributed by atoms with Crippen molar-refractivity contribution in [3.63, 3.8) is 0 Å². The first-order chi connectivity index (χ1) is 14.3. The Balaban J connectivity index is 1.77. The van der Waals surface area contributed by atoms with Crippen molar-refractivity contribution in [2.45, 2.75) is 12.7 Å². The van der Waals surface area contributed by atoms with Gasteiger partial charge in [-0.1, -0.05) is 48.0 Å². The number of carbonyl (C=O) groups is 1. The number of hydrogen-bond acceptors (Lipinski definition) is 2. The van der Waals surface area contributed by atoms with Gasteiger partial charge in [0.25, 0.3) is 5.91 Å². The highest BCUT2D eigenvalue weighted by Crippen LogP contribution is 2.29. The first kappa shape index (κ1) is 21.4. The Bertz CT molecular complexity index is 1080. The highest BCUT2D eigenvalue weighted by Gasteiger charge is 2.29. The van der Waals surface area contributed by atoms with E-state index < -0.39 is 17.6 Å². The molecule has 0 unspecified atom stereocenters. The molecule has 0 fully saturated rings. The first-order valence-corrected chi connectivity index (χ1v) is 9.26. The number of aliphatic imine (C=N–C) groups is 1. The number of anilines is 1. The van der Waals surface area contributed by atoms with Crippen LogP contribution >= 0.6 is 11.6 Å². The lowest BCUT2D eigenvalue weighted by atomic mass is 10.1. The van der Waals surface area contributed by atoms with E-state index in [1.54, 1.807) is 48.5 Å². The van der Waals surface area contributed by atoms with Gasteiger partial charge in [-0.05, 0) is 42.0 Å². The number of amides is 1. The van der Waals surface area contributed by atoms with Crippen LogP contribution in [-0.4, -0.2) is 11.7 Å². The van der Waals surface area contributed by atoms with Crippen molar-refractivity contribution < 1.29 is 18.0 Å². The van der Waals surface area contributed by atoms with Crippen molar-refractivity contribution in [1.29, 1.82) is 0 Å². The van der Waals surface area contributed by atoms with Gasteiger partial charge in [0.2, 0.25) is 0 Å². The van der Waals surface area contributed by atoms with Crippen molar-refractivity contribution >= 4 is 29.0 Å². The number of carbonyl (C=O) groups excluding carboxylic acids is 1. The fourth-order valence-corrected chi connectivity index (χ4v) is 2.95. The van der Waals surface area contributed by atoms with Gasteiger partial charge >= 0.3 is 6.18 Å². The maximum absolute atomic E-state index is 12.7. The van der Waals surface area contributed by atoms with E-state index in [0.29, 0.717) is 16.8 Å². The minimum Gasteiger partial charge on any atom is -0.383 e. The van der Waals surface area contributed by atoms with Crippen LogP contribution in [0.2, 0.25) is 5.02 Å². The molecule has 30 heavy (non-hydrogen) atoms. The van der Waals surface area contributed by atoms with Crippen molar-refractivity contribution in [2.75, 3.05) is 5.32 Å². The van der Waals surface area contributed by atoms with Crippen LogP contribution < -0.4 is 11.1 Å². The smallest absolute Gasteiger partial charge is 0.383 e. The maximum atomic E-state index is 12.7. The van der Waals surface area contributed by atoms with Crippen LogP contribution in [0.1, 0.15) is 27.0 Å². The minimum absolute atomic E-state index is 0.00422. The second-order valence-corrected chi connectivity index (χ2v) is 6.78. The van der Waals surface area contributed by atoms with E-state index in [2.05, 4.69) is 10.3 Å². The molecule has 0 aliphatic carbocycles. The van der Waals surface area contributed by atoms with Gasteiger partial charge in [0, 0.05) is 17.8 Å². The number of hydrogen-bond donors (Lipinski definition) is 2. The molecular weight excluding hydrogens is 415 g/mol. The largest absolute Gasteiger partial charge is 0.416 e. The van der Waals surface area contributed by atoms with E-state index in [1.165, 1.54) is 12.1 Å². The van der Waals surface area contributed by atoms with Crippen molar-refractivity contribution in [1.82, 2.24) is 0 Å². The number of amidine groups is 1. The van der Waals surface area contributed by atoms with E-state index in [0.717, 1.165) is 12.1 Å². The van der Waals surface area contributed by atoms with Crippen LogP contribution in [0.5, 0.6) is 0 Å². The van der Waals surface area contributed by atoms with Crippen LogP contribution in [0.4, 0.5) is 18.9 Å². The average molecular weight is 432 g/mol. The molecule has 0 saturated carbocycles. The molecule has 3 aromatic rings. The van der Waals surface area contributed by atoms with Crippen LogP contribution in [0.15, 0.2) is 77.8 Å². The number of rotatable bonds is 5. The monoisotopic (exact) mass is 431 g/mol. The van der Waals surface area contributed by atoms with Crippen LogP contribution in [0, 0.1) is 0 Å². The topological polar surface area (TPSA) is 67.5 Å². The number of nitrogens with one attached hydrogen (secondary N) is 1. The Kier molecular flexibility index (Phi) is 6.42. The highest BCUT2D eigenvalue weighted by molar-refractivity contribution is 6.34. The molecule has 0 radical (unpaired) electrons. The maximum Gasteiger partial charge on any atom is 0.416 e. The van der Waals surface area contributed by atoms with Gasteiger partial charge in [-0.2, -0.15) is 18.2 Å². The fraction of sp³-hybridized carbons (Fsp3) is 0.0909. The van der Waals surface area contributed by atoms with Gasteiger partial charge in [-0.3, -0.25) is 4.79 Å². The molecule has 0 spiro atoms. The van der Waals surface area contributed by atoms with Crippen molar-refractivity contribution in [2.24, 2.45) is 10.7 Å². The van der Waals surface area contributed by atoms with E-state index in [-0.39, 0.29) is 23.0 Å². The fourth-order valence-electron chi connectivity index (χ4n) is 2.73. The van der Waals surface area contributed by atoms with Gasteiger partial charge < -0.3 is 11.1 Å². The van der Waals surface area contributed by atoms with Crippen molar-refractivity contribution in [3.05, 3.63) is 100 Å². The number of halogens is 4. The van der Waals surface area contributed by atoms with Crippen molar-refractivity contribution in [3.8, 4) is 0 Å². The molecule has 0 bridgehead atoms. The summed E-state index contributed by atoms with van der Waals surface area (Å²) in [5.74, 6) is -0.578. The number of nitrogens with zero attached hydrogens (tertiary/aromatic N) is 1. The summed E-state index contributed by atoms with van der Waals surface area (Å²) in [7, 11) is 0. The predicted molar refractivity (Wildman–Crippen MR) is 112 cm³/mol. The second-order valence-electron chi connectivity index (χ2n) is 6.38. The van der Waals surface area contributed by atoms with E-state index in [4.69, 9.17) is 17.3 Å². The molecule has 8 heteroatoms. The number of nitrogens with two attached hydrogens (primary N) is 1. The number of para-hydroxylation sites is 1. The predicted octanol–water partition coefficient (Wildman–Crippen LogP) is 5.52. The summed E-state index contributed by atoms with van der Waals surface area (Å²) in [6, 6.07) is 18.3. The molecule has 0 aliphatic heterocycles. The zero-order valence-corrected chi connectivity index (χ0v) is 16.3. The lowest BCUT2D eigenvalue weighted by Gasteiger charge is -2.12. The Hall–Kier alpha value is -3.32. The molecule has 3 N–H and O–H groups in total. The zero-order valence-electron chi connectivity index (χ0n) is 15.6. The summed E-state index contributed by atoms with van der Waals surface area (Å²) in [6.45, 7) is 0.265. The third-order valence-electron chi connectivity index (χ3n) is 4.29. The molecule has 0 saturated heterocycles. The molecule has 0 atom stereocenters. The normalized spacial score (nSPS) is 11.9. The van der Waals surface area contributed by atoms with E-state index in [1.807, 2.05) is 0 Å². The molecule has 154 valence electrons. The zero-order chi connectivity index (χ0) is 21.7. The third-order valence-corrected chi connectivity index (χ3v) is 4.62. The quantitative estimate of drug-likeness (QED) is 0.413. The Morgan fingerprint density at radius 1 is 0.933 bits per heavy atom. The molecule has 0 aromatic heterocycles. The van der Waals surface area contributed by atoms with Gasteiger partial charge in [-0.25, -0.2) is 0 Å². The second kappa shape index (κ2) is 9.00. The number of alkyl halides is 3. The molecular formula is C22H17ClF3N3O. The summed E-state index contributed by atoms with van der Waals surface area (Å²) in [5.41, 5.74) is 7.30. The summed E-state index contributed by atoms with van der Waals surface area (Å²) in [4.78, 5) is 16.3. The van der Waals surface area contributed by atoms with Crippen LogP contribution in [0.3, 0.4) is 0 Å². The first-order valence-electron chi connectivity index (χ1n) is 8.88. The molecule has 3 rings (SSSR count). The molecule has 3 aromatic carbocycles. The minimum atomic E-state index is -4.38. The highest BCUT2D eigenvalue weighted by atomic mass is 35.5. The summed E-state index contributed by atoms with van der Waals surface area (Å²) < 4.78 is 38.1. The lowest BCUT2D eigenvalue weighted by molar-refractivity contribution is -0.137. The molecule has 0 heterocycles. The van der Waals surface area contributed by atoms with Gasteiger partial charge in [0.15, 0.2) is 0 Å². The Morgan fingerprint density at radius 3 is 2.17 bits per heavy atom. The SMILES string of the molecule is NC(=NC(=O)c1ccccc1Cl)c1ccccc1NCc1ccc(C(F)(F)F)cc1. The third kappa shape index (κ3) is 5.18. The standard InChI is InChI=1S/C22H17ClF3N3O/c23-18-7-3-1-5-16(18)21(30)29-20(27)17-6-2-4-8-19(17)28-13-14-9-11-15(12-10-14)22(24,25)26/h1-12,28H,13H2,(H2,27,29,30). The van der Waals surface area contributed by atoms with Gasteiger partial charge in [0.05, 0.1) is 16.1 Å². The molecule has 1 amide bonds. The number of benzene rings is 3. The van der Waals surface area contributed by atoms with Gasteiger partial charge in [0.1, 0.15) is 5.84 Å². The van der Waals surface area contributed by atoms with E-state index in [9.17, 15) is 18.0 Å². The Labute approximate surface area is 176 Å². The van der Waals surface area contributed by atoms with Gasteiger partial charge in [-0.15, -0.1) is 0 Å². The Morgan fingerprint density at radius 2 is 1.53 bits per heavy atom. The summed E-state index contributed by atoms with van der Waals surface area (Å²) >= 11 is 6.02. The van der Waals surface area contributed by atoms with Crippen LogP contribution in [0.25, 0.3) is 0 Å².